The Labute approximate surface area is 222 Å². The Kier molecular flexibility index (Phi) is 18.0. The number of sulfone groups is 1. The Hall–Kier alpha value is -2.72. The lowest BCUT2D eigenvalue weighted by Crippen LogP contribution is -2.42. The SMILES string of the molecule is C=CC(=C)C.CC.COc1cccc(CNCC(O)CNC(=O)C(O)CCS(=O)(=O)C2=CCCC=C2)c1. The third kappa shape index (κ3) is 15.2. The van der Waals surface area contributed by atoms with Crippen LogP contribution < -0.4 is 15.4 Å². The molecule has 2 unspecified atom stereocenters. The molecule has 0 spiro atoms. The first-order valence-corrected chi connectivity index (χ1v) is 14.1. The summed E-state index contributed by atoms with van der Waals surface area (Å²) in [6, 6.07) is 7.51. The van der Waals surface area contributed by atoms with Crippen LogP contribution in [0.25, 0.3) is 0 Å². The molecule has 208 valence electrons. The van der Waals surface area contributed by atoms with Gasteiger partial charge in [0.05, 0.1) is 23.9 Å². The van der Waals surface area contributed by atoms with E-state index in [9.17, 15) is 23.4 Å². The molecule has 0 heterocycles. The van der Waals surface area contributed by atoms with E-state index in [1.165, 1.54) is 0 Å². The van der Waals surface area contributed by atoms with E-state index in [-0.39, 0.29) is 30.2 Å². The molecule has 1 aromatic carbocycles. The molecule has 2 rings (SSSR count). The Balaban J connectivity index is 0.00000165. The largest absolute Gasteiger partial charge is 0.497 e. The van der Waals surface area contributed by atoms with Gasteiger partial charge in [0.2, 0.25) is 5.91 Å². The van der Waals surface area contributed by atoms with Crippen molar-refractivity contribution >= 4 is 15.7 Å². The molecule has 37 heavy (non-hydrogen) atoms. The molecular formula is C28H44N2O6S. The summed E-state index contributed by atoms with van der Waals surface area (Å²) in [7, 11) is -1.93. The Morgan fingerprint density at radius 1 is 1.22 bits per heavy atom. The van der Waals surface area contributed by atoms with Crippen LogP contribution in [0.4, 0.5) is 0 Å². The minimum Gasteiger partial charge on any atom is -0.497 e. The first-order valence-electron chi connectivity index (χ1n) is 12.4. The number of aliphatic hydroxyl groups excluding tert-OH is 2. The normalized spacial score (nSPS) is 13.9. The van der Waals surface area contributed by atoms with Crippen LogP contribution in [0.3, 0.4) is 0 Å². The average molecular weight is 537 g/mol. The summed E-state index contributed by atoms with van der Waals surface area (Å²) in [6.07, 6.45) is 5.68. The Morgan fingerprint density at radius 2 is 1.89 bits per heavy atom. The molecule has 1 aromatic rings. The molecule has 0 saturated heterocycles. The zero-order chi connectivity index (χ0) is 28.3. The number of nitrogens with one attached hydrogen (secondary N) is 2. The molecule has 1 aliphatic carbocycles. The molecule has 0 aliphatic heterocycles. The van der Waals surface area contributed by atoms with Crippen LogP contribution in [0.15, 0.2) is 72.2 Å². The highest BCUT2D eigenvalue weighted by atomic mass is 32.2. The molecule has 8 nitrogen and oxygen atoms in total. The fraction of sp³-hybridized carbons (Fsp3) is 0.464. The van der Waals surface area contributed by atoms with Gasteiger partial charge in [0.25, 0.3) is 0 Å². The zero-order valence-electron chi connectivity index (χ0n) is 22.6. The van der Waals surface area contributed by atoms with Crippen LogP contribution >= 0.6 is 0 Å². The monoisotopic (exact) mass is 536 g/mol. The van der Waals surface area contributed by atoms with Gasteiger partial charge in [-0.15, -0.1) is 0 Å². The number of ether oxygens (including phenoxy) is 1. The van der Waals surface area contributed by atoms with Gasteiger partial charge in [-0.3, -0.25) is 4.79 Å². The number of hydrogen-bond donors (Lipinski definition) is 4. The number of amides is 1. The van der Waals surface area contributed by atoms with Gasteiger partial charge in [-0.1, -0.05) is 62.9 Å². The maximum Gasteiger partial charge on any atom is 0.248 e. The quantitative estimate of drug-likeness (QED) is 0.285. The number of methoxy groups -OCH3 is 1. The Morgan fingerprint density at radius 3 is 2.46 bits per heavy atom. The number of benzene rings is 1. The van der Waals surface area contributed by atoms with Crippen molar-refractivity contribution in [1.82, 2.24) is 10.6 Å². The van der Waals surface area contributed by atoms with Crippen molar-refractivity contribution in [2.45, 2.75) is 58.8 Å². The molecule has 0 bridgehead atoms. The predicted molar refractivity (Wildman–Crippen MR) is 151 cm³/mol. The lowest BCUT2D eigenvalue weighted by molar-refractivity contribution is -0.129. The predicted octanol–water partition coefficient (Wildman–Crippen LogP) is 3.44. The highest BCUT2D eigenvalue weighted by molar-refractivity contribution is 7.95. The van der Waals surface area contributed by atoms with Gasteiger partial charge >= 0.3 is 0 Å². The highest BCUT2D eigenvalue weighted by Crippen LogP contribution is 2.17. The van der Waals surface area contributed by atoms with Crippen LogP contribution in [0.1, 0.15) is 45.6 Å². The molecule has 1 amide bonds. The lowest BCUT2D eigenvalue weighted by atomic mass is 10.2. The minimum absolute atomic E-state index is 0.0539. The molecule has 0 fully saturated rings. The van der Waals surface area contributed by atoms with E-state index < -0.39 is 28.0 Å². The maximum absolute atomic E-state index is 12.2. The summed E-state index contributed by atoms with van der Waals surface area (Å²) in [6.45, 7) is 13.6. The molecular weight excluding hydrogens is 492 g/mol. The van der Waals surface area contributed by atoms with E-state index >= 15 is 0 Å². The van der Waals surface area contributed by atoms with Gasteiger partial charge in [0, 0.05) is 19.6 Å². The second kappa shape index (κ2) is 19.4. The molecule has 0 saturated carbocycles. The molecule has 2 atom stereocenters. The third-order valence-corrected chi connectivity index (χ3v) is 6.78. The van der Waals surface area contributed by atoms with Crippen LogP contribution in [0.2, 0.25) is 0 Å². The number of allylic oxidation sites excluding steroid dienone is 5. The number of rotatable bonds is 13. The summed E-state index contributed by atoms with van der Waals surface area (Å²) in [5.74, 6) is -0.276. The zero-order valence-corrected chi connectivity index (χ0v) is 23.4. The van der Waals surface area contributed by atoms with E-state index in [0.29, 0.717) is 13.0 Å². The van der Waals surface area contributed by atoms with Gasteiger partial charge in [-0.25, -0.2) is 8.42 Å². The second-order valence-electron chi connectivity index (χ2n) is 8.14. The van der Waals surface area contributed by atoms with Crippen LogP contribution in [0, 0.1) is 0 Å². The fourth-order valence-electron chi connectivity index (χ4n) is 2.91. The van der Waals surface area contributed by atoms with Gasteiger partial charge in [0.1, 0.15) is 11.9 Å². The smallest absolute Gasteiger partial charge is 0.248 e. The van der Waals surface area contributed by atoms with E-state index in [0.717, 1.165) is 23.3 Å². The van der Waals surface area contributed by atoms with Crippen molar-refractivity contribution in [3.63, 3.8) is 0 Å². The van der Waals surface area contributed by atoms with Crippen LogP contribution in [-0.4, -0.2) is 62.7 Å². The number of aliphatic hydroxyl groups is 2. The second-order valence-corrected chi connectivity index (χ2v) is 10.3. The summed E-state index contributed by atoms with van der Waals surface area (Å²) in [4.78, 5) is 12.2. The number of carbonyl (C=O) groups excluding carboxylic acids is 1. The van der Waals surface area contributed by atoms with Crippen molar-refractivity contribution in [3.8, 4) is 5.75 Å². The van der Waals surface area contributed by atoms with Crippen molar-refractivity contribution in [3.05, 3.63) is 77.8 Å². The first kappa shape index (κ1) is 34.3. The Bertz CT molecular complexity index is 1000. The van der Waals surface area contributed by atoms with Gasteiger partial charge in [0.15, 0.2) is 9.84 Å². The summed E-state index contributed by atoms with van der Waals surface area (Å²) < 4.78 is 29.6. The van der Waals surface area contributed by atoms with E-state index in [1.807, 2.05) is 45.0 Å². The van der Waals surface area contributed by atoms with E-state index in [2.05, 4.69) is 23.8 Å². The summed E-state index contributed by atoms with van der Waals surface area (Å²) >= 11 is 0. The number of hydrogen-bond acceptors (Lipinski definition) is 7. The van der Waals surface area contributed by atoms with Gasteiger partial charge in [-0.05, 0) is 50.0 Å². The van der Waals surface area contributed by atoms with Crippen LogP contribution in [-0.2, 0) is 21.2 Å². The van der Waals surface area contributed by atoms with Crippen molar-refractivity contribution in [1.29, 1.82) is 0 Å². The standard InChI is InChI=1S/C21H30N2O6S.C5H8.C2H6/c1-29-18-7-5-6-16(12-18)13-22-14-17(24)15-23-21(26)20(25)10-11-30(27,28)19-8-3-2-4-9-19;1-4-5(2)3;1-2/h3,5-9,12,17,20,22,24-25H,2,4,10-11,13-15H2,1H3,(H,23,26);4H,1-2H2,3H3;1-2H3. The molecule has 1 aliphatic rings. The van der Waals surface area contributed by atoms with Crippen molar-refractivity contribution in [2.24, 2.45) is 0 Å². The maximum atomic E-state index is 12.2. The van der Waals surface area contributed by atoms with Crippen molar-refractivity contribution in [2.75, 3.05) is 26.0 Å². The first-order chi connectivity index (χ1) is 17.6. The minimum atomic E-state index is -3.52. The number of carbonyl (C=O) groups is 1. The average Bonchev–Trinajstić information content (AvgIpc) is 2.92. The molecule has 4 N–H and O–H groups in total. The third-order valence-electron chi connectivity index (χ3n) is 4.99. The lowest BCUT2D eigenvalue weighted by Gasteiger charge is -2.16. The summed E-state index contributed by atoms with van der Waals surface area (Å²) in [5, 5.41) is 25.5. The van der Waals surface area contributed by atoms with Gasteiger partial charge < -0.3 is 25.6 Å². The van der Waals surface area contributed by atoms with E-state index in [4.69, 9.17) is 4.74 Å². The van der Waals surface area contributed by atoms with Crippen LogP contribution in [0.5, 0.6) is 5.75 Å². The van der Waals surface area contributed by atoms with Crippen molar-refractivity contribution < 1.29 is 28.2 Å². The molecule has 0 radical (unpaired) electrons. The van der Waals surface area contributed by atoms with Gasteiger partial charge in [-0.2, -0.15) is 0 Å². The fourth-order valence-corrected chi connectivity index (χ4v) is 4.35. The molecule has 0 aromatic heterocycles. The summed E-state index contributed by atoms with van der Waals surface area (Å²) in [5.41, 5.74) is 2.01. The highest BCUT2D eigenvalue weighted by Gasteiger charge is 2.22. The van der Waals surface area contributed by atoms with E-state index in [1.54, 1.807) is 31.4 Å². The molecule has 9 heteroatoms. The topological polar surface area (TPSA) is 125 Å².